The molecule has 0 amide bonds. The summed E-state index contributed by atoms with van der Waals surface area (Å²) in [6, 6.07) is 0.693. The fourth-order valence-corrected chi connectivity index (χ4v) is 10.3. The minimum absolute atomic E-state index is 0.0867. The Kier molecular flexibility index (Phi) is 6.59. The maximum atomic E-state index is 11.7. The first kappa shape index (κ1) is 25.1. The Bertz CT molecular complexity index is 766. The van der Waals surface area contributed by atoms with Gasteiger partial charge in [0.25, 0.3) is 0 Å². The zero-order chi connectivity index (χ0) is 24.5. The fraction of sp³-hybridized carbons (Fsp3) is 1.00. The Morgan fingerprint density at radius 2 is 1.26 bits per heavy atom. The zero-order valence-electron chi connectivity index (χ0n) is 22.9. The molecule has 6 heteroatoms. The minimum atomic E-state index is -0.173. The van der Waals surface area contributed by atoms with Crippen molar-refractivity contribution >= 4 is 0 Å². The number of likely N-dealkylation sites (N-methyl/N-ethyl adjacent to an activating group) is 2. The van der Waals surface area contributed by atoms with Crippen LogP contribution in [-0.4, -0.2) is 121 Å². The number of piperazine rings is 2. The van der Waals surface area contributed by atoms with Crippen LogP contribution in [0.5, 0.6) is 0 Å². The van der Waals surface area contributed by atoms with Gasteiger partial charge >= 0.3 is 0 Å². The van der Waals surface area contributed by atoms with E-state index in [-0.39, 0.29) is 17.6 Å². The number of hydrogen-bond donors (Lipinski definition) is 2. The van der Waals surface area contributed by atoms with Crippen molar-refractivity contribution in [3.8, 4) is 0 Å². The van der Waals surface area contributed by atoms with E-state index < -0.39 is 0 Å². The molecular weight excluding hydrogens is 436 g/mol. The molecule has 6 aliphatic rings. The van der Waals surface area contributed by atoms with Crippen LogP contribution in [0.3, 0.4) is 0 Å². The number of fused-ring (bicyclic) bond motifs is 5. The van der Waals surface area contributed by atoms with Crippen molar-refractivity contribution in [1.82, 2.24) is 19.6 Å². The van der Waals surface area contributed by atoms with E-state index in [4.69, 9.17) is 0 Å². The lowest BCUT2D eigenvalue weighted by Crippen LogP contribution is -2.61. The minimum Gasteiger partial charge on any atom is -0.391 e. The molecule has 0 bridgehead atoms. The second-order valence-electron chi connectivity index (χ2n) is 14.2. The van der Waals surface area contributed by atoms with Crippen LogP contribution in [0.4, 0.5) is 0 Å². The van der Waals surface area contributed by atoms with E-state index in [0.717, 1.165) is 70.6 Å². The van der Waals surface area contributed by atoms with Crippen LogP contribution in [0.1, 0.15) is 58.8 Å². The van der Waals surface area contributed by atoms with Crippen LogP contribution in [-0.2, 0) is 0 Å². The summed E-state index contributed by atoms with van der Waals surface area (Å²) in [5, 5.41) is 23.0. The molecule has 10 atom stereocenters. The van der Waals surface area contributed by atoms with E-state index >= 15 is 0 Å². The molecule has 2 aliphatic heterocycles. The third-order valence-electron chi connectivity index (χ3n) is 12.7. The van der Waals surface area contributed by atoms with Gasteiger partial charge in [0, 0.05) is 64.4 Å². The molecule has 0 spiro atoms. The number of aliphatic hydroxyl groups is 2. The Morgan fingerprint density at radius 3 is 1.89 bits per heavy atom. The van der Waals surface area contributed by atoms with E-state index in [1.54, 1.807) is 0 Å². The van der Waals surface area contributed by atoms with Gasteiger partial charge in [-0.1, -0.05) is 13.8 Å². The van der Waals surface area contributed by atoms with Gasteiger partial charge in [0.05, 0.1) is 12.2 Å². The van der Waals surface area contributed by atoms with Gasteiger partial charge in [0.2, 0.25) is 0 Å². The van der Waals surface area contributed by atoms with Crippen molar-refractivity contribution in [1.29, 1.82) is 0 Å². The standard InChI is InChI=1S/C29H52N4O2/c1-28-8-7-22-21(23(28)18-24(27(28)35)32-13-9-30(3)10-14-32)6-5-20-17-26(34)25(19-29(20,22)2)33-15-11-31(4)12-16-33/h20-27,34-35H,5-19H2,1-4H3/t20-,21+,22-,23-,24+,25+,26+,27+,28-,29-/m0/s1. The van der Waals surface area contributed by atoms with Gasteiger partial charge in [0.15, 0.2) is 0 Å². The van der Waals surface area contributed by atoms with E-state index in [0.29, 0.717) is 29.3 Å². The first-order valence-electron chi connectivity index (χ1n) is 14.9. The summed E-state index contributed by atoms with van der Waals surface area (Å²) in [6.45, 7) is 14.0. The first-order chi connectivity index (χ1) is 16.7. The van der Waals surface area contributed by atoms with Gasteiger partial charge in [-0.05, 0) is 93.5 Å². The maximum absolute atomic E-state index is 11.7. The Hall–Kier alpha value is -0.240. The number of aliphatic hydroxyl groups excluding tert-OH is 2. The summed E-state index contributed by atoms with van der Waals surface area (Å²) in [5.74, 6) is 2.85. The van der Waals surface area contributed by atoms with Crippen molar-refractivity contribution in [2.45, 2.75) is 83.1 Å². The quantitative estimate of drug-likeness (QED) is 0.622. The zero-order valence-corrected chi connectivity index (χ0v) is 22.9. The van der Waals surface area contributed by atoms with E-state index in [1.165, 1.54) is 38.5 Å². The van der Waals surface area contributed by atoms with Gasteiger partial charge in [-0.2, -0.15) is 0 Å². The Labute approximate surface area is 214 Å². The molecular formula is C29H52N4O2. The molecule has 200 valence electrons. The SMILES string of the molecule is CN1CCN([C@@H]2C[C@@]3(C)[C@@H](CC[C@@H]4[C@@H]3CC[C@]3(C)[C@H](O)[C@H](N5CCN(C)CC5)C[C@@H]43)C[C@H]2O)CC1. The third kappa shape index (κ3) is 4.04. The largest absolute Gasteiger partial charge is 0.391 e. The van der Waals surface area contributed by atoms with Gasteiger partial charge in [0.1, 0.15) is 0 Å². The molecule has 0 aromatic heterocycles. The molecule has 0 unspecified atom stereocenters. The van der Waals surface area contributed by atoms with Crippen LogP contribution in [0.15, 0.2) is 0 Å². The topological polar surface area (TPSA) is 53.4 Å². The van der Waals surface area contributed by atoms with Crippen molar-refractivity contribution in [2.24, 2.45) is 34.5 Å². The Morgan fingerprint density at radius 1 is 0.657 bits per heavy atom. The predicted molar refractivity (Wildman–Crippen MR) is 140 cm³/mol. The summed E-state index contributed by atoms with van der Waals surface area (Å²) >= 11 is 0. The lowest BCUT2D eigenvalue weighted by atomic mass is 9.44. The molecule has 4 aliphatic carbocycles. The summed E-state index contributed by atoms with van der Waals surface area (Å²) in [7, 11) is 4.45. The summed E-state index contributed by atoms with van der Waals surface area (Å²) < 4.78 is 0. The molecule has 0 radical (unpaired) electrons. The van der Waals surface area contributed by atoms with E-state index in [9.17, 15) is 10.2 Å². The van der Waals surface area contributed by atoms with Crippen molar-refractivity contribution in [3.63, 3.8) is 0 Å². The molecule has 2 heterocycles. The maximum Gasteiger partial charge on any atom is 0.0751 e. The lowest BCUT2D eigenvalue weighted by molar-refractivity contribution is -0.155. The monoisotopic (exact) mass is 488 g/mol. The van der Waals surface area contributed by atoms with E-state index in [1.807, 2.05) is 0 Å². The summed E-state index contributed by atoms with van der Waals surface area (Å²) in [4.78, 5) is 10.1. The van der Waals surface area contributed by atoms with E-state index in [2.05, 4.69) is 47.5 Å². The van der Waals surface area contributed by atoms with Crippen molar-refractivity contribution in [3.05, 3.63) is 0 Å². The van der Waals surface area contributed by atoms with Crippen LogP contribution >= 0.6 is 0 Å². The fourth-order valence-electron chi connectivity index (χ4n) is 10.3. The first-order valence-corrected chi connectivity index (χ1v) is 14.9. The molecule has 0 aromatic carbocycles. The van der Waals surface area contributed by atoms with Gasteiger partial charge in [-0.25, -0.2) is 0 Å². The van der Waals surface area contributed by atoms with Crippen LogP contribution < -0.4 is 0 Å². The number of hydrogen-bond acceptors (Lipinski definition) is 6. The molecule has 6 nitrogen and oxygen atoms in total. The van der Waals surface area contributed by atoms with Crippen molar-refractivity contribution in [2.75, 3.05) is 66.5 Å². The van der Waals surface area contributed by atoms with Crippen LogP contribution in [0.2, 0.25) is 0 Å². The average Bonchev–Trinajstić information content (AvgIpc) is 3.11. The molecule has 2 N–H and O–H groups in total. The Balaban J connectivity index is 1.21. The highest BCUT2D eigenvalue weighted by molar-refractivity contribution is 5.14. The molecule has 4 saturated carbocycles. The van der Waals surface area contributed by atoms with Crippen molar-refractivity contribution < 1.29 is 10.2 Å². The average molecular weight is 489 g/mol. The van der Waals surface area contributed by atoms with Gasteiger partial charge < -0.3 is 20.0 Å². The molecule has 6 rings (SSSR count). The second kappa shape index (κ2) is 9.20. The molecule has 0 aromatic rings. The summed E-state index contributed by atoms with van der Waals surface area (Å²) in [5.41, 5.74) is 0.428. The highest BCUT2D eigenvalue weighted by Gasteiger charge is 2.63. The van der Waals surface area contributed by atoms with Crippen LogP contribution in [0, 0.1) is 34.5 Å². The number of rotatable bonds is 2. The molecule has 2 saturated heterocycles. The second-order valence-corrected chi connectivity index (χ2v) is 14.2. The molecule has 35 heavy (non-hydrogen) atoms. The summed E-state index contributed by atoms with van der Waals surface area (Å²) in [6.07, 6.45) is 8.13. The highest BCUT2D eigenvalue weighted by Crippen LogP contribution is 2.66. The smallest absolute Gasteiger partial charge is 0.0751 e. The van der Waals surface area contributed by atoms with Gasteiger partial charge in [-0.3, -0.25) is 9.80 Å². The highest BCUT2D eigenvalue weighted by atomic mass is 16.3. The molecule has 6 fully saturated rings. The normalized spacial score (nSPS) is 52.6. The third-order valence-corrected chi connectivity index (χ3v) is 12.7. The predicted octanol–water partition coefficient (Wildman–Crippen LogP) is 2.20. The van der Waals surface area contributed by atoms with Gasteiger partial charge in [-0.15, -0.1) is 0 Å². The number of nitrogens with zero attached hydrogens (tertiary/aromatic N) is 4. The lowest BCUT2D eigenvalue weighted by Gasteiger charge is -2.62. The van der Waals surface area contributed by atoms with Crippen LogP contribution in [0.25, 0.3) is 0 Å².